The molecule has 53 heavy (non-hydrogen) atoms. The lowest BCUT2D eigenvalue weighted by atomic mass is 9.65. The van der Waals surface area contributed by atoms with Crippen LogP contribution in [-0.4, -0.2) is 63.7 Å². The summed E-state index contributed by atoms with van der Waals surface area (Å²) in [6.45, 7) is 0.164. The van der Waals surface area contributed by atoms with E-state index < -0.39 is 29.7 Å². The first-order valence-electron chi connectivity index (χ1n) is 17.2. The second-order valence-corrected chi connectivity index (χ2v) is 13.2. The van der Waals surface area contributed by atoms with E-state index in [4.69, 9.17) is 38.1 Å². The summed E-state index contributed by atoms with van der Waals surface area (Å²) in [5, 5.41) is 5.11. The third kappa shape index (κ3) is 5.15. The number of esters is 1. The third-order valence-corrected chi connectivity index (χ3v) is 10.6. The van der Waals surface area contributed by atoms with Gasteiger partial charge in [0.1, 0.15) is 11.4 Å². The van der Waals surface area contributed by atoms with Gasteiger partial charge < -0.3 is 43.5 Å². The van der Waals surface area contributed by atoms with Crippen LogP contribution in [0.3, 0.4) is 0 Å². The summed E-state index contributed by atoms with van der Waals surface area (Å²) in [5.74, 6) is 0.802. The molecule has 0 unspecified atom stereocenters. The lowest BCUT2D eigenvalue weighted by Crippen LogP contribution is -2.43. The lowest BCUT2D eigenvalue weighted by molar-refractivity contribution is -0.141. The van der Waals surface area contributed by atoms with Crippen molar-refractivity contribution in [3.63, 3.8) is 0 Å². The van der Waals surface area contributed by atoms with Gasteiger partial charge in [0.05, 0.1) is 58.2 Å². The number of cyclic esters (lactones) is 1. The van der Waals surface area contributed by atoms with Crippen LogP contribution in [0.15, 0.2) is 78.9 Å². The van der Waals surface area contributed by atoms with Crippen LogP contribution >= 0.6 is 0 Å². The first-order valence-corrected chi connectivity index (χ1v) is 17.2. The summed E-state index contributed by atoms with van der Waals surface area (Å²) in [6, 6.07) is 24.2. The zero-order valence-electron chi connectivity index (χ0n) is 29.4. The van der Waals surface area contributed by atoms with E-state index in [1.165, 1.54) is 0 Å². The Bertz CT molecular complexity index is 2420. The molecular weight excluding hydrogens is 678 g/mol. The second-order valence-electron chi connectivity index (χ2n) is 13.2. The van der Waals surface area contributed by atoms with Crippen LogP contribution in [0.1, 0.15) is 39.1 Å². The molecule has 12 nitrogen and oxygen atoms in total. The van der Waals surface area contributed by atoms with E-state index in [-0.39, 0.29) is 25.1 Å². The fourth-order valence-corrected chi connectivity index (χ4v) is 8.16. The van der Waals surface area contributed by atoms with Gasteiger partial charge in [0.2, 0.25) is 12.5 Å². The number of ether oxygens (including phenoxy) is 7. The predicted octanol–water partition coefficient (Wildman–Crippen LogP) is 6.55. The number of carbonyl (C=O) groups excluding carboxylic acids is 2. The molecule has 1 fully saturated rings. The van der Waals surface area contributed by atoms with Crippen molar-refractivity contribution in [3.05, 3.63) is 101 Å². The van der Waals surface area contributed by atoms with Crippen LogP contribution in [0.25, 0.3) is 33.1 Å². The molecule has 1 saturated heterocycles. The Morgan fingerprint density at radius 1 is 0.811 bits per heavy atom. The standard InChI is InChI=1S/C41H35N3O9/c1-47-22-11-9-20(10-12-22)36-38-25(23-7-5-6-8-28(23)42-38)15-29(43-36)40(45)44-37-26-17-31-30(52-19-53-31)16-24(26)34(35-27(37)18-51-41(35)46)21-13-32(48-2)39(50-4)33(14-21)49-3/h5-17,27,34-35,37,42H,18-19H2,1-4H3,(H,44,45)/t27-,34+,35-,37+/m0/s1. The molecule has 1 aliphatic carbocycles. The molecule has 6 aromatic rings. The van der Waals surface area contributed by atoms with Crippen molar-refractivity contribution in [2.75, 3.05) is 41.8 Å². The highest BCUT2D eigenvalue weighted by molar-refractivity contribution is 6.13. The van der Waals surface area contributed by atoms with Crippen LogP contribution in [-0.2, 0) is 9.53 Å². The van der Waals surface area contributed by atoms with Crippen LogP contribution in [0.4, 0.5) is 0 Å². The topological polar surface area (TPSA) is 139 Å². The summed E-state index contributed by atoms with van der Waals surface area (Å²) in [4.78, 5) is 36.8. The van der Waals surface area contributed by atoms with E-state index in [1.54, 1.807) is 28.4 Å². The Hall–Kier alpha value is -6.43. The quantitative estimate of drug-likeness (QED) is 0.167. The summed E-state index contributed by atoms with van der Waals surface area (Å²) < 4.78 is 39.8. The number of H-pyrrole nitrogens is 1. The molecule has 2 aliphatic heterocycles. The molecule has 2 N–H and O–H groups in total. The van der Waals surface area contributed by atoms with Gasteiger partial charge in [-0.1, -0.05) is 18.2 Å². The number of carbonyl (C=O) groups is 2. The Balaban J connectivity index is 1.18. The van der Waals surface area contributed by atoms with Gasteiger partial charge in [0, 0.05) is 33.7 Å². The largest absolute Gasteiger partial charge is 0.497 e. The maximum atomic E-state index is 14.6. The fourth-order valence-electron chi connectivity index (χ4n) is 8.16. The average molecular weight is 714 g/mol. The van der Waals surface area contributed by atoms with Crippen molar-refractivity contribution in [1.29, 1.82) is 0 Å². The molecule has 12 heteroatoms. The first kappa shape index (κ1) is 32.5. The summed E-state index contributed by atoms with van der Waals surface area (Å²) in [5.41, 5.74) is 5.73. The van der Waals surface area contributed by atoms with E-state index >= 15 is 0 Å². The molecule has 4 heterocycles. The number of fused-ring (bicyclic) bond motifs is 6. The third-order valence-electron chi connectivity index (χ3n) is 10.6. The van der Waals surface area contributed by atoms with Gasteiger partial charge in [0.15, 0.2) is 23.0 Å². The highest BCUT2D eigenvalue weighted by Gasteiger charge is 2.53. The zero-order valence-corrected chi connectivity index (χ0v) is 29.4. The Labute approximate surface area is 303 Å². The highest BCUT2D eigenvalue weighted by Crippen LogP contribution is 2.55. The number of hydrogen-bond donors (Lipinski definition) is 2. The number of benzene rings is 4. The SMILES string of the molecule is COc1ccc(-c2nc(C(=O)N[C@@H]3c4cc5c(cc4[C@@H](c4cc(OC)c(OC)c(OC)c4)[C@H]4C(=O)OC[C@@H]43)OCO5)cc3c2[nH]c2ccccc23)cc1. The van der Waals surface area contributed by atoms with Gasteiger partial charge in [-0.15, -0.1) is 0 Å². The lowest BCUT2D eigenvalue weighted by Gasteiger charge is -2.39. The van der Waals surface area contributed by atoms with Crippen LogP contribution < -0.4 is 33.7 Å². The summed E-state index contributed by atoms with van der Waals surface area (Å²) in [7, 11) is 6.26. The van der Waals surface area contributed by atoms with E-state index in [0.717, 1.165) is 44.1 Å². The van der Waals surface area contributed by atoms with Crippen molar-refractivity contribution in [2.24, 2.45) is 11.8 Å². The van der Waals surface area contributed by atoms with E-state index in [0.29, 0.717) is 40.2 Å². The minimum Gasteiger partial charge on any atom is -0.497 e. The highest BCUT2D eigenvalue weighted by atomic mass is 16.7. The number of hydrogen-bond acceptors (Lipinski definition) is 10. The minimum absolute atomic E-state index is 0.0572. The monoisotopic (exact) mass is 713 g/mol. The maximum absolute atomic E-state index is 14.6. The van der Waals surface area contributed by atoms with E-state index in [2.05, 4.69) is 10.3 Å². The van der Waals surface area contributed by atoms with Crippen LogP contribution in [0.5, 0.6) is 34.5 Å². The van der Waals surface area contributed by atoms with Crippen molar-refractivity contribution < 1.29 is 42.7 Å². The fraction of sp³-hybridized carbons (Fsp3) is 0.244. The number of aromatic amines is 1. The van der Waals surface area contributed by atoms with E-state index in [1.807, 2.05) is 78.9 Å². The van der Waals surface area contributed by atoms with Gasteiger partial charge in [-0.2, -0.15) is 0 Å². The Morgan fingerprint density at radius 3 is 2.23 bits per heavy atom. The number of para-hydroxylation sites is 1. The van der Waals surface area contributed by atoms with E-state index in [9.17, 15) is 9.59 Å². The predicted molar refractivity (Wildman–Crippen MR) is 194 cm³/mol. The number of aromatic nitrogens is 2. The van der Waals surface area contributed by atoms with Gasteiger partial charge in [-0.3, -0.25) is 9.59 Å². The molecule has 3 aliphatic rings. The number of nitrogens with zero attached hydrogens (tertiary/aromatic N) is 1. The number of nitrogens with one attached hydrogen (secondary N) is 2. The van der Waals surface area contributed by atoms with Crippen molar-refractivity contribution in [1.82, 2.24) is 15.3 Å². The first-order chi connectivity index (χ1) is 25.9. The minimum atomic E-state index is -0.658. The summed E-state index contributed by atoms with van der Waals surface area (Å²) >= 11 is 0. The molecule has 4 aromatic carbocycles. The molecule has 0 spiro atoms. The molecule has 0 bridgehead atoms. The molecule has 4 atom stereocenters. The number of rotatable bonds is 8. The van der Waals surface area contributed by atoms with Gasteiger partial charge in [-0.25, -0.2) is 4.98 Å². The molecule has 1 amide bonds. The maximum Gasteiger partial charge on any atom is 0.310 e. The molecule has 2 aromatic heterocycles. The van der Waals surface area contributed by atoms with Gasteiger partial charge >= 0.3 is 5.97 Å². The molecule has 0 saturated carbocycles. The number of methoxy groups -OCH3 is 4. The molecule has 0 radical (unpaired) electrons. The number of amides is 1. The Kier molecular flexibility index (Phi) is 7.76. The smallest absolute Gasteiger partial charge is 0.310 e. The second kappa shape index (κ2) is 12.7. The normalized spacial score (nSPS) is 19.7. The van der Waals surface area contributed by atoms with Crippen LogP contribution in [0, 0.1) is 11.8 Å². The molecular formula is C41H35N3O9. The van der Waals surface area contributed by atoms with Crippen LogP contribution in [0.2, 0.25) is 0 Å². The molecule has 9 rings (SSSR count). The molecule has 268 valence electrons. The van der Waals surface area contributed by atoms with Gasteiger partial charge in [0.25, 0.3) is 5.91 Å². The van der Waals surface area contributed by atoms with Crippen molar-refractivity contribution >= 4 is 33.7 Å². The number of pyridine rings is 1. The zero-order chi connectivity index (χ0) is 36.4. The van der Waals surface area contributed by atoms with Gasteiger partial charge in [-0.05, 0) is 77.4 Å². The summed E-state index contributed by atoms with van der Waals surface area (Å²) in [6.07, 6.45) is 0. The average Bonchev–Trinajstić information content (AvgIpc) is 3.93. The van der Waals surface area contributed by atoms with Crippen molar-refractivity contribution in [3.8, 4) is 45.8 Å². The Morgan fingerprint density at radius 2 is 1.53 bits per heavy atom. The van der Waals surface area contributed by atoms with Crippen molar-refractivity contribution in [2.45, 2.75) is 12.0 Å².